The molecule has 3 N–H and O–H groups in total. The van der Waals surface area contributed by atoms with E-state index in [1.54, 1.807) is 6.07 Å². The van der Waals surface area contributed by atoms with Crippen LogP contribution in [0.2, 0.25) is 0 Å². The van der Waals surface area contributed by atoms with E-state index in [4.69, 9.17) is 10.5 Å². The molecule has 1 rings (SSSR count). The number of nitro groups is 1. The van der Waals surface area contributed by atoms with Crippen LogP contribution in [0.15, 0.2) is 24.3 Å². The van der Waals surface area contributed by atoms with Crippen molar-refractivity contribution in [2.75, 3.05) is 13.2 Å². The molecule has 0 unspecified atom stereocenters. The number of amides is 1. The molecule has 1 amide bonds. The number of nitrogens with zero attached hydrogens (tertiary/aromatic N) is 1. The standard InChI is InChI=1S/C14H21N3O4.ClH/c1-3-14(15,4-2)10-16-13(18)9-21-12-7-5-6-11(8-12)17(19)20;/h5-8H,3-4,9-10,15H2,1-2H3,(H,16,18);1H. The number of carbonyl (C=O) groups excluding carboxylic acids is 1. The first kappa shape index (κ1) is 20.1. The van der Waals surface area contributed by atoms with E-state index < -0.39 is 10.5 Å². The summed E-state index contributed by atoms with van der Waals surface area (Å²) in [6, 6.07) is 5.70. The fraction of sp³-hybridized carbons (Fsp3) is 0.500. The van der Waals surface area contributed by atoms with Crippen molar-refractivity contribution in [3.8, 4) is 5.75 Å². The number of nitrogens with two attached hydrogens (primary N) is 1. The minimum absolute atomic E-state index is 0. The molecule has 0 fully saturated rings. The van der Waals surface area contributed by atoms with Gasteiger partial charge in [0.25, 0.3) is 11.6 Å². The lowest BCUT2D eigenvalue weighted by Gasteiger charge is -2.26. The summed E-state index contributed by atoms with van der Waals surface area (Å²) in [6.07, 6.45) is 1.52. The molecule has 1 aromatic carbocycles. The second kappa shape index (κ2) is 9.22. The summed E-state index contributed by atoms with van der Waals surface area (Å²) in [5.41, 5.74) is 5.58. The lowest BCUT2D eigenvalue weighted by molar-refractivity contribution is -0.384. The molecule has 0 saturated carbocycles. The predicted octanol–water partition coefficient (Wildman–Crippen LogP) is 2.03. The van der Waals surface area contributed by atoms with Crippen molar-refractivity contribution in [2.45, 2.75) is 32.2 Å². The maximum Gasteiger partial charge on any atom is 0.273 e. The van der Waals surface area contributed by atoms with E-state index in [-0.39, 0.29) is 36.4 Å². The predicted molar refractivity (Wildman–Crippen MR) is 86.3 cm³/mol. The Morgan fingerprint density at radius 3 is 2.59 bits per heavy atom. The van der Waals surface area contributed by atoms with Gasteiger partial charge in [-0.25, -0.2) is 0 Å². The van der Waals surface area contributed by atoms with Crippen molar-refractivity contribution in [3.63, 3.8) is 0 Å². The Morgan fingerprint density at radius 2 is 2.05 bits per heavy atom. The molecule has 124 valence electrons. The summed E-state index contributed by atoms with van der Waals surface area (Å²) in [5, 5.41) is 13.3. The number of rotatable bonds is 8. The molecule has 0 spiro atoms. The van der Waals surface area contributed by atoms with Gasteiger partial charge in [-0.05, 0) is 18.9 Å². The first-order valence-electron chi connectivity index (χ1n) is 6.83. The molecule has 0 radical (unpaired) electrons. The van der Waals surface area contributed by atoms with Gasteiger partial charge >= 0.3 is 0 Å². The Hall–Kier alpha value is -1.86. The Bertz CT molecular complexity index is 507. The molecule has 22 heavy (non-hydrogen) atoms. The monoisotopic (exact) mass is 331 g/mol. The van der Waals surface area contributed by atoms with Crippen molar-refractivity contribution in [3.05, 3.63) is 34.4 Å². The highest BCUT2D eigenvalue weighted by Crippen LogP contribution is 2.18. The second-order valence-corrected chi connectivity index (χ2v) is 4.89. The molecule has 0 bridgehead atoms. The molecule has 1 aromatic rings. The van der Waals surface area contributed by atoms with Crippen LogP contribution >= 0.6 is 12.4 Å². The Kier molecular flexibility index (Phi) is 8.44. The molecule has 0 aliphatic carbocycles. The smallest absolute Gasteiger partial charge is 0.273 e. The molecule has 0 aliphatic rings. The van der Waals surface area contributed by atoms with Gasteiger partial charge in [0.15, 0.2) is 6.61 Å². The summed E-state index contributed by atoms with van der Waals surface area (Å²) in [5.74, 6) is -0.0254. The molecule has 0 heterocycles. The maximum atomic E-state index is 11.7. The van der Waals surface area contributed by atoms with Gasteiger partial charge in [-0.2, -0.15) is 0 Å². The van der Waals surface area contributed by atoms with Gasteiger partial charge in [0.05, 0.1) is 11.0 Å². The van der Waals surface area contributed by atoms with E-state index in [0.29, 0.717) is 6.54 Å². The van der Waals surface area contributed by atoms with E-state index in [0.717, 1.165) is 12.8 Å². The summed E-state index contributed by atoms with van der Waals surface area (Å²) < 4.78 is 5.23. The van der Waals surface area contributed by atoms with Crippen LogP contribution in [-0.2, 0) is 4.79 Å². The van der Waals surface area contributed by atoms with Gasteiger partial charge in [-0.3, -0.25) is 14.9 Å². The molecular formula is C14H22ClN3O4. The maximum absolute atomic E-state index is 11.7. The van der Waals surface area contributed by atoms with Gasteiger partial charge < -0.3 is 15.8 Å². The van der Waals surface area contributed by atoms with E-state index in [1.165, 1.54) is 18.2 Å². The summed E-state index contributed by atoms with van der Waals surface area (Å²) in [4.78, 5) is 21.8. The fourth-order valence-electron chi connectivity index (χ4n) is 1.66. The highest BCUT2D eigenvalue weighted by atomic mass is 35.5. The van der Waals surface area contributed by atoms with Crippen LogP contribution in [-0.4, -0.2) is 29.5 Å². The van der Waals surface area contributed by atoms with Crippen LogP contribution < -0.4 is 15.8 Å². The van der Waals surface area contributed by atoms with Crippen LogP contribution in [0.25, 0.3) is 0 Å². The normalized spacial score (nSPS) is 10.5. The summed E-state index contributed by atoms with van der Waals surface area (Å²) in [7, 11) is 0. The van der Waals surface area contributed by atoms with Crippen LogP contribution in [0.1, 0.15) is 26.7 Å². The topological polar surface area (TPSA) is 107 Å². The summed E-state index contributed by atoms with van der Waals surface area (Å²) in [6.45, 7) is 4.10. The number of nitrogens with one attached hydrogen (secondary N) is 1. The number of benzene rings is 1. The molecular weight excluding hydrogens is 310 g/mol. The van der Waals surface area contributed by atoms with E-state index in [9.17, 15) is 14.9 Å². The third-order valence-electron chi connectivity index (χ3n) is 3.44. The average molecular weight is 332 g/mol. The Morgan fingerprint density at radius 1 is 1.41 bits per heavy atom. The van der Waals surface area contributed by atoms with Crippen molar-refractivity contribution in [1.82, 2.24) is 5.32 Å². The summed E-state index contributed by atoms with van der Waals surface area (Å²) >= 11 is 0. The van der Waals surface area contributed by atoms with Crippen molar-refractivity contribution in [1.29, 1.82) is 0 Å². The number of carbonyl (C=O) groups is 1. The SMILES string of the molecule is CCC(N)(CC)CNC(=O)COc1cccc([N+](=O)[O-])c1.Cl. The van der Waals surface area contributed by atoms with Crippen molar-refractivity contribution >= 4 is 24.0 Å². The van der Waals surface area contributed by atoms with Crippen LogP contribution in [0.5, 0.6) is 5.75 Å². The first-order chi connectivity index (χ1) is 9.90. The molecule has 0 saturated heterocycles. The zero-order valence-electron chi connectivity index (χ0n) is 12.7. The number of hydrogen-bond acceptors (Lipinski definition) is 5. The number of non-ortho nitro benzene ring substituents is 1. The van der Waals surface area contributed by atoms with Gasteiger partial charge in [0.2, 0.25) is 0 Å². The highest BCUT2D eigenvalue weighted by Gasteiger charge is 2.20. The molecule has 8 heteroatoms. The zero-order valence-corrected chi connectivity index (χ0v) is 13.5. The number of hydrogen-bond donors (Lipinski definition) is 2. The highest BCUT2D eigenvalue weighted by molar-refractivity contribution is 5.85. The number of halogens is 1. The lowest BCUT2D eigenvalue weighted by Crippen LogP contribution is -2.50. The zero-order chi connectivity index (χ0) is 15.9. The fourth-order valence-corrected chi connectivity index (χ4v) is 1.66. The van der Waals surface area contributed by atoms with Crippen molar-refractivity contribution in [2.24, 2.45) is 5.73 Å². The molecule has 0 atom stereocenters. The third kappa shape index (κ3) is 6.28. The minimum atomic E-state index is -0.516. The van der Waals surface area contributed by atoms with Gasteiger partial charge in [0, 0.05) is 18.2 Å². The van der Waals surface area contributed by atoms with Crippen LogP contribution in [0.3, 0.4) is 0 Å². The van der Waals surface area contributed by atoms with Gasteiger partial charge in [0.1, 0.15) is 5.75 Å². The minimum Gasteiger partial charge on any atom is -0.484 e. The van der Waals surface area contributed by atoms with Crippen molar-refractivity contribution < 1.29 is 14.5 Å². The Balaban J connectivity index is 0.00000441. The average Bonchev–Trinajstić information content (AvgIpc) is 2.50. The third-order valence-corrected chi connectivity index (χ3v) is 3.44. The van der Waals surface area contributed by atoms with Gasteiger partial charge in [-0.15, -0.1) is 12.4 Å². The molecule has 0 aromatic heterocycles. The van der Waals surface area contributed by atoms with Crippen LogP contribution in [0.4, 0.5) is 5.69 Å². The molecule has 7 nitrogen and oxygen atoms in total. The van der Waals surface area contributed by atoms with E-state index >= 15 is 0 Å². The van der Waals surface area contributed by atoms with E-state index in [2.05, 4.69) is 5.32 Å². The number of ether oxygens (including phenoxy) is 1. The first-order valence-corrected chi connectivity index (χ1v) is 6.83. The quantitative estimate of drug-likeness (QED) is 0.559. The molecule has 0 aliphatic heterocycles. The van der Waals surface area contributed by atoms with Gasteiger partial charge in [-0.1, -0.05) is 19.9 Å². The Labute approximate surface area is 135 Å². The van der Waals surface area contributed by atoms with E-state index in [1.807, 2.05) is 13.8 Å². The number of nitro benzene ring substituents is 1. The lowest BCUT2D eigenvalue weighted by atomic mass is 9.94. The van der Waals surface area contributed by atoms with Crippen LogP contribution in [0, 0.1) is 10.1 Å². The largest absolute Gasteiger partial charge is 0.484 e. The second-order valence-electron chi connectivity index (χ2n) is 4.89.